The molecule has 1 aromatic carbocycles. The molecule has 0 spiro atoms. The number of carbonyl (C=O) groups is 2. The number of rotatable bonds is 3. The predicted octanol–water partition coefficient (Wildman–Crippen LogP) is 1.61. The van der Waals surface area contributed by atoms with Gasteiger partial charge in [0.2, 0.25) is 5.91 Å². The van der Waals surface area contributed by atoms with Gasteiger partial charge in [-0.1, -0.05) is 18.2 Å². The standard InChI is InChI=1S/C12H12N2O3/c1-8(15)14(7-12(16)17)11-6-13-10-5-3-2-4-9(10)11/h2-6,13H,7H2,1H3,(H,16,17). The summed E-state index contributed by atoms with van der Waals surface area (Å²) in [5.41, 5.74) is 1.47. The number of carboxylic acids is 1. The van der Waals surface area contributed by atoms with E-state index < -0.39 is 5.97 Å². The zero-order chi connectivity index (χ0) is 12.4. The van der Waals surface area contributed by atoms with E-state index in [1.54, 1.807) is 6.20 Å². The van der Waals surface area contributed by atoms with E-state index in [1.807, 2.05) is 24.3 Å². The number of para-hydroxylation sites is 1. The van der Waals surface area contributed by atoms with Crippen LogP contribution in [0.25, 0.3) is 10.9 Å². The smallest absolute Gasteiger partial charge is 0.323 e. The van der Waals surface area contributed by atoms with Crippen molar-refractivity contribution in [3.63, 3.8) is 0 Å². The van der Waals surface area contributed by atoms with E-state index in [-0.39, 0.29) is 12.5 Å². The van der Waals surface area contributed by atoms with Crippen LogP contribution < -0.4 is 4.90 Å². The van der Waals surface area contributed by atoms with E-state index in [4.69, 9.17) is 5.11 Å². The van der Waals surface area contributed by atoms with Gasteiger partial charge in [0.25, 0.3) is 0 Å². The third-order valence-electron chi connectivity index (χ3n) is 2.53. The normalized spacial score (nSPS) is 10.4. The molecular formula is C12H12N2O3. The first-order chi connectivity index (χ1) is 8.09. The van der Waals surface area contributed by atoms with Crippen LogP contribution >= 0.6 is 0 Å². The van der Waals surface area contributed by atoms with Gasteiger partial charge in [0.05, 0.1) is 5.69 Å². The highest BCUT2D eigenvalue weighted by Crippen LogP contribution is 2.26. The second kappa shape index (κ2) is 4.29. The number of hydrogen-bond acceptors (Lipinski definition) is 2. The molecule has 0 saturated carbocycles. The highest BCUT2D eigenvalue weighted by Gasteiger charge is 2.18. The number of fused-ring (bicyclic) bond motifs is 1. The van der Waals surface area contributed by atoms with Crippen LogP contribution in [-0.2, 0) is 9.59 Å². The van der Waals surface area contributed by atoms with Crippen LogP contribution in [0.3, 0.4) is 0 Å². The van der Waals surface area contributed by atoms with Crippen LogP contribution in [0.15, 0.2) is 30.5 Å². The summed E-state index contributed by atoms with van der Waals surface area (Å²) >= 11 is 0. The van der Waals surface area contributed by atoms with Crippen molar-refractivity contribution in [2.45, 2.75) is 6.92 Å². The average Bonchev–Trinajstić information content (AvgIpc) is 2.69. The molecule has 1 aromatic heterocycles. The molecule has 0 unspecified atom stereocenters. The fourth-order valence-electron chi connectivity index (χ4n) is 1.78. The van der Waals surface area contributed by atoms with Gasteiger partial charge >= 0.3 is 5.97 Å². The number of aromatic nitrogens is 1. The van der Waals surface area contributed by atoms with Crippen molar-refractivity contribution < 1.29 is 14.7 Å². The molecular weight excluding hydrogens is 220 g/mol. The summed E-state index contributed by atoms with van der Waals surface area (Å²) < 4.78 is 0. The van der Waals surface area contributed by atoms with Crippen molar-refractivity contribution in [2.24, 2.45) is 0 Å². The number of amides is 1. The molecule has 0 saturated heterocycles. The number of nitrogens with zero attached hydrogens (tertiary/aromatic N) is 1. The van der Waals surface area contributed by atoms with Crippen LogP contribution in [0, 0.1) is 0 Å². The molecule has 2 N–H and O–H groups in total. The van der Waals surface area contributed by atoms with Crippen LogP contribution in [0.2, 0.25) is 0 Å². The third kappa shape index (κ3) is 2.13. The molecule has 17 heavy (non-hydrogen) atoms. The minimum atomic E-state index is -1.04. The number of aliphatic carboxylic acids is 1. The van der Waals surface area contributed by atoms with E-state index in [1.165, 1.54) is 11.8 Å². The summed E-state index contributed by atoms with van der Waals surface area (Å²) in [7, 11) is 0. The first kappa shape index (κ1) is 11.2. The lowest BCUT2D eigenvalue weighted by atomic mass is 10.2. The Bertz CT molecular complexity index is 574. The Kier molecular flexibility index (Phi) is 2.82. The van der Waals surface area contributed by atoms with Gasteiger partial charge in [-0.15, -0.1) is 0 Å². The van der Waals surface area contributed by atoms with Gasteiger partial charge in [0.1, 0.15) is 6.54 Å². The maximum atomic E-state index is 11.5. The zero-order valence-electron chi connectivity index (χ0n) is 9.30. The first-order valence-corrected chi connectivity index (χ1v) is 5.15. The van der Waals surface area contributed by atoms with Crippen molar-refractivity contribution in [3.05, 3.63) is 30.5 Å². The van der Waals surface area contributed by atoms with E-state index in [0.717, 1.165) is 10.9 Å². The van der Waals surface area contributed by atoms with Crippen LogP contribution in [0.4, 0.5) is 5.69 Å². The van der Waals surface area contributed by atoms with Crippen molar-refractivity contribution in [1.82, 2.24) is 4.98 Å². The van der Waals surface area contributed by atoms with Gasteiger partial charge in [0, 0.05) is 24.0 Å². The minimum Gasteiger partial charge on any atom is -0.480 e. The SMILES string of the molecule is CC(=O)N(CC(=O)O)c1c[nH]c2ccccc12. The summed E-state index contributed by atoms with van der Waals surface area (Å²) in [4.78, 5) is 26.5. The maximum absolute atomic E-state index is 11.5. The highest BCUT2D eigenvalue weighted by atomic mass is 16.4. The fourth-order valence-corrected chi connectivity index (χ4v) is 1.78. The first-order valence-electron chi connectivity index (χ1n) is 5.15. The van der Waals surface area contributed by atoms with Gasteiger partial charge in [0.15, 0.2) is 0 Å². The largest absolute Gasteiger partial charge is 0.480 e. The number of carbonyl (C=O) groups excluding carboxylic acids is 1. The lowest BCUT2D eigenvalue weighted by Crippen LogP contribution is -2.33. The topological polar surface area (TPSA) is 73.4 Å². The average molecular weight is 232 g/mol. The number of H-pyrrole nitrogens is 1. The van der Waals surface area contributed by atoms with Gasteiger partial charge < -0.3 is 10.1 Å². The molecule has 5 nitrogen and oxygen atoms in total. The van der Waals surface area contributed by atoms with Crippen molar-refractivity contribution in [1.29, 1.82) is 0 Å². The minimum absolute atomic E-state index is 0.294. The Balaban J connectivity index is 2.48. The Morgan fingerprint density at radius 1 is 1.35 bits per heavy atom. The summed E-state index contributed by atoms with van der Waals surface area (Å²) in [6.45, 7) is 1.02. The number of aromatic amines is 1. The van der Waals surface area contributed by atoms with E-state index in [9.17, 15) is 9.59 Å². The number of hydrogen-bond donors (Lipinski definition) is 2. The maximum Gasteiger partial charge on any atom is 0.323 e. The lowest BCUT2D eigenvalue weighted by Gasteiger charge is -2.17. The Labute approximate surface area is 97.7 Å². The monoisotopic (exact) mass is 232 g/mol. The number of benzene rings is 1. The molecule has 0 radical (unpaired) electrons. The van der Waals surface area contributed by atoms with E-state index in [0.29, 0.717) is 5.69 Å². The molecule has 0 aliphatic rings. The second-order valence-electron chi connectivity index (χ2n) is 3.72. The van der Waals surface area contributed by atoms with Gasteiger partial charge in [-0.25, -0.2) is 0 Å². The van der Waals surface area contributed by atoms with E-state index in [2.05, 4.69) is 4.98 Å². The van der Waals surface area contributed by atoms with Crippen LogP contribution in [0.1, 0.15) is 6.92 Å². The summed E-state index contributed by atoms with van der Waals surface area (Å²) in [6.07, 6.45) is 1.65. The summed E-state index contributed by atoms with van der Waals surface area (Å²) in [5.74, 6) is -1.33. The lowest BCUT2D eigenvalue weighted by molar-refractivity contribution is -0.136. The quantitative estimate of drug-likeness (QED) is 0.844. The van der Waals surface area contributed by atoms with Crippen molar-refractivity contribution in [3.8, 4) is 0 Å². The molecule has 0 atom stereocenters. The highest BCUT2D eigenvalue weighted by molar-refractivity contribution is 6.04. The molecule has 0 fully saturated rings. The van der Waals surface area contributed by atoms with Crippen molar-refractivity contribution in [2.75, 3.05) is 11.4 Å². The molecule has 0 aliphatic heterocycles. The molecule has 2 aromatic rings. The zero-order valence-corrected chi connectivity index (χ0v) is 9.30. The third-order valence-corrected chi connectivity index (χ3v) is 2.53. The number of nitrogens with one attached hydrogen (secondary N) is 1. The van der Waals surface area contributed by atoms with Gasteiger partial charge in [-0.2, -0.15) is 0 Å². The predicted molar refractivity (Wildman–Crippen MR) is 64.0 cm³/mol. The Morgan fingerprint density at radius 2 is 2.06 bits per heavy atom. The Hall–Kier alpha value is -2.30. The molecule has 88 valence electrons. The van der Waals surface area contributed by atoms with Crippen LogP contribution in [0.5, 0.6) is 0 Å². The molecule has 0 bridgehead atoms. The van der Waals surface area contributed by atoms with Gasteiger partial charge in [-0.05, 0) is 6.07 Å². The molecule has 1 heterocycles. The summed E-state index contributed by atoms with van der Waals surface area (Å²) in [5, 5.41) is 9.64. The van der Waals surface area contributed by atoms with Crippen LogP contribution in [-0.4, -0.2) is 28.5 Å². The molecule has 2 rings (SSSR count). The Morgan fingerprint density at radius 3 is 2.71 bits per heavy atom. The second-order valence-corrected chi connectivity index (χ2v) is 3.72. The fraction of sp³-hybridized carbons (Fsp3) is 0.167. The number of carboxylic acid groups (broad SMARTS) is 1. The molecule has 5 heteroatoms. The number of anilines is 1. The van der Waals surface area contributed by atoms with E-state index >= 15 is 0 Å². The molecule has 0 aliphatic carbocycles. The summed E-state index contributed by atoms with van der Waals surface area (Å²) in [6, 6.07) is 7.44. The van der Waals surface area contributed by atoms with Crippen molar-refractivity contribution >= 4 is 28.5 Å². The molecule has 1 amide bonds. The van der Waals surface area contributed by atoms with Gasteiger partial charge in [-0.3, -0.25) is 14.5 Å².